The van der Waals surface area contributed by atoms with Crippen molar-refractivity contribution in [1.82, 2.24) is 9.97 Å². The van der Waals surface area contributed by atoms with Crippen LogP contribution in [0.15, 0.2) is 22.7 Å². The van der Waals surface area contributed by atoms with Gasteiger partial charge in [0, 0.05) is 17.3 Å². The highest BCUT2D eigenvalue weighted by atomic mass is 79.9. The van der Waals surface area contributed by atoms with Crippen LogP contribution in [0.4, 0.5) is 14.6 Å². The Kier molecular flexibility index (Phi) is 3.56. The zero-order chi connectivity index (χ0) is 13.3. The SMILES string of the molecule is CCc1cc(N)nc(-c2ccc(F)c(F)c2Br)n1. The van der Waals surface area contributed by atoms with Crippen molar-refractivity contribution in [3.8, 4) is 11.4 Å². The van der Waals surface area contributed by atoms with Crippen LogP contribution in [0.3, 0.4) is 0 Å². The summed E-state index contributed by atoms with van der Waals surface area (Å²) in [7, 11) is 0. The fraction of sp³-hybridized carbons (Fsp3) is 0.167. The van der Waals surface area contributed by atoms with E-state index in [1.165, 1.54) is 6.07 Å². The summed E-state index contributed by atoms with van der Waals surface area (Å²) < 4.78 is 26.5. The molecule has 0 aliphatic heterocycles. The number of aryl methyl sites for hydroxylation is 1. The van der Waals surface area contributed by atoms with Gasteiger partial charge in [-0.15, -0.1) is 0 Å². The molecule has 0 saturated heterocycles. The molecule has 0 aliphatic carbocycles. The van der Waals surface area contributed by atoms with Crippen LogP contribution < -0.4 is 5.73 Å². The fourth-order valence-corrected chi connectivity index (χ4v) is 2.02. The first-order chi connectivity index (χ1) is 8.52. The van der Waals surface area contributed by atoms with Gasteiger partial charge >= 0.3 is 0 Å². The maximum absolute atomic E-state index is 13.5. The maximum Gasteiger partial charge on any atom is 0.173 e. The van der Waals surface area contributed by atoms with Crippen LogP contribution in [0.1, 0.15) is 12.6 Å². The summed E-state index contributed by atoms with van der Waals surface area (Å²) in [5.41, 5.74) is 6.77. The predicted octanol–water partition coefficient (Wildman–Crippen LogP) is 3.33. The maximum atomic E-state index is 13.5. The van der Waals surface area contributed by atoms with Gasteiger partial charge in [0.2, 0.25) is 0 Å². The molecule has 0 fully saturated rings. The van der Waals surface area contributed by atoms with Crippen LogP contribution in [0.5, 0.6) is 0 Å². The van der Waals surface area contributed by atoms with Gasteiger partial charge in [0.15, 0.2) is 17.5 Å². The van der Waals surface area contributed by atoms with Crippen LogP contribution in [-0.2, 0) is 6.42 Å². The van der Waals surface area contributed by atoms with Crippen LogP contribution in [0.25, 0.3) is 11.4 Å². The number of anilines is 1. The molecule has 1 heterocycles. The molecule has 0 spiro atoms. The lowest BCUT2D eigenvalue weighted by atomic mass is 10.2. The van der Waals surface area contributed by atoms with Gasteiger partial charge in [0.05, 0.1) is 4.47 Å². The van der Waals surface area contributed by atoms with Gasteiger partial charge in [-0.2, -0.15) is 0 Å². The molecule has 6 heteroatoms. The normalized spacial score (nSPS) is 10.7. The molecule has 0 bridgehead atoms. The van der Waals surface area contributed by atoms with Crippen molar-refractivity contribution in [1.29, 1.82) is 0 Å². The molecule has 2 aromatic rings. The summed E-state index contributed by atoms with van der Waals surface area (Å²) in [6, 6.07) is 4.10. The van der Waals surface area contributed by atoms with Crippen molar-refractivity contribution < 1.29 is 8.78 Å². The highest BCUT2D eigenvalue weighted by Gasteiger charge is 2.15. The summed E-state index contributed by atoms with van der Waals surface area (Å²) in [6.07, 6.45) is 0.682. The van der Waals surface area contributed by atoms with E-state index in [2.05, 4.69) is 25.9 Å². The lowest BCUT2D eigenvalue weighted by molar-refractivity contribution is 0.504. The van der Waals surface area contributed by atoms with Gasteiger partial charge in [-0.1, -0.05) is 6.92 Å². The number of halogens is 3. The van der Waals surface area contributed by atoms with Crippen LogP contribution in [0, 0.1) is 11.6 Å². The number of hydrogen-bond acceptors (Lipinski definition) is 3. The molecule has 0 aliphatic rings. The molecule has 1 aromatic carbocycles. The third kappa shape index (κ3) is 2.33. The minimum Gasteiger partial charge on any atom is -0.384 e. The Morgan fingerprint density at radius 1 is 1.28 bits per heavy atom. The molecule has 0 atom stereocenters. The second-order valence-corrected chi connectivity index (χ2v) is 4.48. The Balaban J connectivity index is 2.62. The van der Waals surface area contributed by atoms with E-state index in [1.54, 1.807) is 6.07 Å². The first-order valence-electron chi connectivity index (χ1n) is 5.30. The summed E-state index contributed by atoms with van der Waals surface area (Å²) in [6.45, 7) is 1.92. The number of nitrogens with zero attached hydrogens (tertiary/aromatic N) is 2. The van der Waals surface area contributed by atoms with Gasteiger partial charge < -0.3 is 5.73 Å². The Hall–Kier alpha value is -1.56. The Labute approximate surface area is 111 Å². The molecule has 0 saturated carbocycles. The number of benzene rings is 1. The average Bonchev–Trinajstić information content (AvgIpc) is 2.35. The third-order valence-electron chi connectivity index (χ3n) is 2.44. The fourth-order valence-electron chi connectivity index (χ4n) is 1.52. The molecular formula is C12H10BrF2N3. The summed E-state index contributed by atoms with van der Waals surface area (Å²) >= 11 is 3.00. The van der Waals surface area contributed by atoms with E-state index in [0.29, 0.717) is 17.8 Å². The van der Waals surface area contributed by atoms with Gasteiger partial charge in [-0.25, -0.2) is 18.7 Å². The van der Waals surface area contributed by atoms with Crippen molar-refractivity contribution in [2.75, 3.05) is 5.73 Å². The van der Waals surface area contributed by atoms with E-state index in [-0.39, 0.29) is 10.3 Å². The average molecular weight is 314 g/mol. The molecule has 2 N–H and O–H groups in total. The van der Waals surface area contributed by atoms with Crippen LogP contribution in [0.2, 0.25) is 0 Å². The van der Waals surface area contributed by atoms with E-state index in [1.807, 2.05) is 6.92 Å². The summed E-state index contributed by atoms with van der Waals surface area (Å²) in [4.78, 5) is 8.27. The number of nitrogen functional groups attached to an aromatic ring is 1. The molecule has 1 aromatic heterocycles. The van der Waals surface area contributed by atoms with Gasteiger partial charge in [-0.3, -0.25) is 0 Å². The molecule has 0 amide bonds. The second kappa shape index (κ2) is 4.97. The van der Waals surface area contributed by atoms with Gasteiger partial charge in [-0.05, 0) is 34.5 Å². The van der Waals surface area contributed by atoms with Crippen LogP contribution >= 0.6 is 15.9 Å². The standard InChI is InChI=1S/C12H10BrF2N3/c1-2-6-5-9(16)18-12(17-6)7-3-4-8(14)11(15)10(7)13/h3-5H,2H2,1H3,(H2,16,17,18). The Morgan fingerprint density at radius 2 is 2.00 bits per heavy atom. The predicted molar refractivity (Wildman–Crippen MR) is 68.9 cm³/mol. The van der Waals surface area contributed by atoms with E-state index < -0.39 is 11.6 Å². The highest BCUT2D eigenvalue weighted by Crippen LogP contribution is 2.30. The minimum absolute atomic E-state index is 0.00449. The molecule has 3 nitrogen and oxygen atoms in total. The number of nitrogens with two attached hydrogens (primary N) is 1. The van der Waals surface area contributed by atoms with E-state index in [0.717, 1.165) is 11.8 Å². The Morgan fingerprint density at radius 3 is 2.67 bits per heavy atom. The van der Waals surface area contributed by atoms with Crippen molar-refractivity contribution >= 4 is 21.7 Å². The summed E-state index contributed by atoms with van der Waals surface area (Å²) in [5, 5.41) is 0. The minimum atomic E-state index is -0.962. The first kappa shape index (κ1) is 12.9. The van der Waals surface area contributed by atoms with Crippen molar-refractivity contribution in [3.05, 3.63) is 40.0 Å². The van der Waals surface area contributed by atoms with Crippen molar-refractivity contribution in [2.24, 2.45) is 0 Å². The van der Waals surface area contributed by atoms with E-state index in [4.69, 9.17) is 5.73 Å². The van der Waals surface area contributed by atoms with E-state index in [9.17, 15) is 8.78 Å². The van der Waals surface area contributed by atoms with Crippen molar-refractivity contribution in [3.63, 3.8) is 0 Å². The molecule has 0 radical (unpaired) electrons. The monoisotopic (exact) mass is 313 g/mol. The van der Waals surface area contributed by atoms with Crippen LogP contribution in [-0.4, -0.2) is 9.97 Å². The number of rotatable bonds is 2. The number of hydrogen-bond donors (Lipinski definition) is 1. The Bertz CT molecular complexity index is 602. The molecule has 2 rings (SSSR count). The highest BCUT2D eigenvalue weighted by molar-refractivity contribution is 9.10. The largest absolute Gasteiger partial charge is 0.384 e. The zero-order valence-corrected chi connectivity index (χ0v) is 11.1. The zero-order valence-electron chi connectivity index (χ0n) is 9.54. The summed E-state index contributed by atoms with van der Waals surface area (Å²) in [5.74, 6) is -1.31. The van der Waals surface area contributed by atoms with Crippen molar-refractivity contribution in [2.45, 2.75) is 13.3 Å². The number of aromatic nitrogens is 2. The topological polar surface area (TPSA) is 51.8 Å². The first-order valence-corrected chi connectivity index (χ1v) is 6.09. The smallest absolute Gasteiger partial charge is 0.173 e. The molecule has 0 unspecified atom stereocenters. The molecular weight excluding hydrogens is 304 g/mol. The second-order valence-electron chi connectivity index (χ2n) is 3.68. The third-order valence-corrected chi connectivity index (χ3v) is 3.21. The quantitative estimate of drug-likeness (QED) is 0.865. The lowest BCUT2D eigenvalue weighted by Crippen LogP contribution is -2.01. The lowest BCUT2D eigenvalue weighted by Gasteiger charge is -2.07. The molecule has 94 valence electrons. The van der Waals surface area contributed by atoms with E-state index >= 15 is 0 Å². The molecule has 18 heavy (non-hydrogen) atoms. The van der Waals surface area contributed by atoms with Gasteiger partial charge in [0.25, 0.3) is 0 Å². The van der Waals surface area contributed by atoms with Gasteiger partial charge in [0.1, 0.15) is 5.82 Å².